The summed E-state index contributed by atoms with van der Waals surface area (Å²) in [6.45, 7) is 3.61. The molecule has 2 aliphatic heterocycles. The molecule has 1 atom stereocenters. The van der Waals surface area contributed by atoms with E-state index in [-0.39, 0.29) is 17.6 Å². The number of aromatic nitrogens is 1. The monoisotopic (exact) mass is 425 g/mol. The number of thioether (sulfide) groups is 1. The summed E-state index contributed by atoms with van der Waals surface area (Å²) in [6.07, 6.45) is 8.73. The lowest BCUT2D eigenvalue weighted by molar-refractivity contribution is -0.122. The third-order valence-electron chi connectivity index (χ3n) is 6.27. The molecule has 30 heavy (non-hydrogen) atoms. The standard InChI is InChI=1S/C24H31N3O2S/c1-30-22-7-5-19(6-8-22)16-23(28)26-17-21-9-10-24(29-21)11-14-27(15-12-24)18-20-4-2-3-13-25-20/h2-8,13,21H,9-12,14-18H2,1H3,(H,26,28)/t21-/m0/s1. The van der Waals surface area contributed by atoms with Gasteiger partial charge in [-0.05, 0) is 61.8 Å². The van der Waals surface area contributed by atoms with Gasteiger partial charge in [-0.1, -0.05) is 18.2 Å². The number of amides is 1. The van der Waals surface area contributed by atoms with E-state index in [0.717, 1.165) is 56.6 Å². The lowest BCUT2D eigenvalue weighted by Crippen LogP contribution is -2.45. The first-order chi connectivity index (χ1) is 14.6. The van der Waals surface area contributed by atoms with E-state index in [2.05, 4.69) is 39.7 Å². The number of hydrogen-bond acceptors (Lipinski definition) is 5. The molecule has 2 fully saturated rings. The molecule has 1 amide bonds. The first-order valence-corrected chi connectivity index (χ1v) is 12.1. The fraction of sp³-hybridized carbons (Fsp3) is 0.500. The summed E-state index contributed by atoms with van der Waals surface area (Å²) in [4.78, 5) is 20.4. The minimum Gasteiger partial charge on any atom is -0.370 e. The number of ether oxygens (including phenoxy) is 1. The maximum atomic E-state index is 12.3. The number of likely N-dealkylation sites (tertiary alicyclic amines) is 1. The average Bonchev–Trinajstić information content (AvgIpc) is 3.18. The number of nitrogens with one attached hydrogen (secondary N) is 1. The van der Waals surface area contributed by atoms with Crippen molar-refractivity contribution in [2.24, 2.45) is 0 Å². The van der Waals surface area contributed by atoms with Gasteiger partial charge in [-0.25, -0.2) is 0 Å². The summed E-state index contributed by atoms with van der Waals surface area (Å²) < 4.78 is 6.46. The highest BCUT2D eigenvalue weighted by atomic mass is 32.2. The smallest absolute Gasteiger partial charge is 0.224 e. The summed E-state index contributed by atoms with van der Waals surface area (Å²) in [7, 11) is 0. The van der Waals surface area contributed by atoms with Crippen molar-refractivity contribution in [1.29, 1.82) is 0 Å². The Labute approximate surface area is 183 Å². The number of hydrogen-bond donors (Lipinski definition) is 1. The Hall–Kier alpha value is -1.89. The highest BCUT2D eigenvalue weighted by Crippen LogP contribution is 2.38. The first kappa shape index (κ1) is 21.3. The molecule has 0 aliphatic carbocycles. The van der Waals surface area contributed by atoms with E-state index < -0.39 is 0 Å². The third kappa shape index (κ3) is 5.62. The van der Waals surface area contributed by atoms with E-state index in [1.165, 1.54) is 4.90 Å². The van der Waals surface area contributed by atoms with Crippen molar-refractivity contribution in [3.05, 3.63) is 59.9 Å². The van der Waals surface area contributed by atoms with Gasteiger partial charge in [-0.2, -0.15) is 0 Å². The lowest BCUT2D eigenvalue weighted by atomic mass is 9.88. The molecule has 2 aliphatic rings. The molecule has 5 nitrogen and oxygen atoms in total. The highest BCUT2D eigenvalue weighted by molar-refractivity contribution is 7.98. The van der Waals surface area contributed by atoms with E-state index in [1.54, 1.807) is 11.8 Å². The van der Waals surface area contributed by atoms with Crippen LogP contribution in [0, 0.1) is 0 Å². The van der Waals surface area contributed by atoms with Crippen LogP contribution >= 0.6 is 11.8 Å². The largest absolute Gasteiger partial charge is 0.370 e. The normalized spacial score (nSPS) is 21.0. The van der Waals surface area contributed by atoms with E-state index in [9.17, 15) is 4.79 Å². The molecule has 3 heterocycles. The molecule has 1 spiro atoms. The van der Waals surface area contributed by atoms with E-state index >= 15 is 0 Å². The average molecular weight is 426 g/mol. The minimum absolute atomic E-state index is 0.00363. The lowest BCUT2D eigenvalue weighted by Gasteiger charge is -2.39. The fourth-order valence-corrected chi connectivity index (χ4v) is 4.87. The molecule has 0 radical (unpaired) electrons. The van der Waals surface area contributed by atoms with Crippen LogP contribution < -0.4 is 5.32 Å². The SMILES string of the molecule is CSc1ccc(CC(=O)NC[C@@H]2CCC3(CCN(Cc4ccccn4)CC3)O2)cc1. The first-order valence-electron chi connectivity index (χ1n) is 10.8. The number of rotatable bonds is 7. The summed E-state index contributed by atoms with van der Waals surface area (Å²) in [5.41, 5.74) is 2.18. The molecule has 1 aromatic heterocycles. The zero-order chi connectivity index (χ0) is 20.8. The van der Waals surface area contributed by atoms with Crippen LogP contribution in [0.15, 0.2) is 53.6 Å². The molecule has 0 saturated carbocycles. The Balaban J connectivity index is 1.18. The highest BCUT2D eigenvalue weighted by Gasteiger charge is 2.42. The van der Waals surface area contributed by atoms with Crippen LogP contribution in [0.5, 0.6) is 0 Å². The maximum absolute atomic E-state index is 12.3. The van der Waals surface area contributed by atoms with Crippen LogP contribution in [0.3, 0.4) is 0 Å². The van der Waals surface area contributed by atoms with Crippen molar-refractivity contribution >= 4 is 17.7 Å². The van der Waals surface area contributed by atoms with E-state index in [1.807, 2.05) is 30.5 Å². The topological polar surface area (TPSA) is 54.5 Å². The number of carbonyl (C=O) groups is 1. The summed E-state index contributed by atoms with van der Waals surface area (Å²) >= 11 is 1.71. The van der Waals surface area contributed by atoms with E-state index in [0.29, 0.717) is 13.0 Å². The van der Waals surface area contributed by atoms with Gasteiger partial charge in [0.1, 0.15) is 0 Å². The second-order valence-corrected chi connectivity index (χ2v) is 9.27. The predicted octanol–water partition coefficient (Wildman–Crippen LogP) is 3.68. The Morgan fingerprint density at radius 3 is 2.70 bits per heavy atom. The molecule has 1 aromatic carbocycles. The molecule has 2 saturated heterocycles. The van der Waals surface area contributed by atoms with E-state index in [4.69, 9.17) is 4.74 Å². The maximum Gasteiger partial charge on any atom is 0.224 e. The van der Waals surface area contributed by atoms with Crippen LogP contribution in [0.4, 0.5) is 0 Å². The van der Waals surface area contributed by atoms with Gasteiger partial charge in [-0.15, -0.1) is 11.8 Å². The number of benzene rings is 1. The zero-order valence-electron chi connectivity index (χ0n) is 17.7. The quantitative estimate of drug-likeness (QED) is 0.686. The van der Waals surface area contributed by atoms with Crippen LogP contribution in [0.2, 0.25) is 0 Å². The van der Waals surface area contributed by atoms with Gasteiger partial charge in [-0.3, -0.25) is 14.7 Å². The van der Waals surface area contributed by atoms with Gasteiger partial charge in [0.25, 0.3) is 0 Å². The van der Waals surface area contributed by atoms with Crippen LogP contribution in [-0.2, 0) is 22.5 Å². The predicted molar refractivity (Wildman–Crippen MR) is 121 cm³/mol. The molecule has 160 valence electrons. The number of carbonyl (C=O) groups excluding carboxylic acids is 1. The Bertz CT molecular complexity index is 820. The Morgan fingerprint density at radius 1 is 1.20 bits per heavy atom. The van der Waals surface area contributed by atoms with Crippen LogP contribution in [-0.4, -0.2) is 53.4 Å². The Morgan fingerprint density at radius 2 is 2.00 bits per heavy atom. The number of piperidine rings is 1. The minimum atomic E-state index is 0.00363. The molecule has 6 heteroatoms. The van der Waals surface area contributed by atoms with Crippen molar-refractivity contribution in [3.63, 3.8) is 0 Å². The van der Waals surface area contributed by atoms with Gasteiger partial charge < -0.3 is 10.1 Å². The summed E-state index contributed by atoms with van der Waals surface area (Å²) in [5.74, 6) is 0.0710. The zero-order valence-corrected chi connectivity index (χ0v) is 18.5. The van der Waals surface area contributed by atoms with Gasteiger partial charge >= 0.3 is 0 Å². The van der Waals surface area contributed by atoms with Gasteiger partial charge in [0.2, 0.25) is 5.91 Å². The van der Waals surface area contributed by atoms with Gasteiger partial charge in [0.15, 0.2) is 0 Å². The number of nitrogens with zero attached hydrogens (tertiary/aromatic N) is 2. The summed E-state index contributed by atoms with van der Waals surface area (Å²) in [6, 6.07) is 14.3. The molecular formula is C24H31N3O2S. The van der Waals surface area contributed by atoms with Crippen molar-refractivity contribution in [2.45, 2.75) is 55.2 Å². The molecular weight excluding hydrogens is 394 g/mol. The number of pyridine rings is 1. The van der Waals surface area contributed by atoms with Crippen LogP contribution in [0.1, 0.15) is 36.9 Å². The molecule has 4 rings (SSSR count). The van der Waals surface area contributed by atoms with Gasteiger partial charge in [0, 0.05) is 37.3 Å². The summed E-state index contributed by atoms with van der Waals surface area (Å²) in [5, 5.41) is 3.08. The molecule has 2 aromatic rings. The van der Waals surface area contributed by atoms with Crippen molar-refractivity contribution < 1.29 is 9.53 Å². The van der Waals surface area contributed by atoms with Crippen LogP contribution in [0.25, 0.3) is 0 Å². The third-order valence-corrected chi connectivity index (χ3v) is 7.01. The molecule has 0 bridgehead atoms. The fourth-order valence-electron chi connectivity index (χ4n) is 4.47. The molecule has 1 N–H and O–H groups in total. The Kier molecular flexibility index (Phi) is 7.08. The second kappa shape index (κ2) is 9.94. The van der Waals surface area contributed by atoms with Crippen molar-refractivity contribution in [3.8, 4) is 0 Å². The second-order valence-electron chi connectivity index (χ2n) is 8.39. The van der Waals surface area contributed by atoms with Crippen molar-refractivity contribution in [2.75, 3.05) is 25.9 Å². The van der Waals surface area contributed by atoms with Gasteiger partial charge in [0.05, 0.1) is 23.8 Å². The molecule has 0 unspecified atom stereocenters. The van der Waals surface area contributed by atoms with Crippen molar-refractivity contribution in [1.82, 2.24) is 15.2 Å².